The van der Waals surface area contributed by atoms with Gasteiger partial charge in [-0.15, -0.1) is 0 Å². The summed E-state index contributed by atoms with van der Waals surface area (Å²) in [5, 5.41) is 0. The van der Waals surface area contributed by atoms with Gasteiger partial charge in [-0.05, 0) is 31.6 Å². The van der Waals surface area contributed by atoms with Crippen LogP contribution in [0.5, 0.6) is 0 Å². The van der Waals surface area contributed by atoms with Crippen molar-refractivity contribution in [1.82, 2.24) is 4.90 Å². The predicted molar refractivity (Wildman–Crippen MR) is 67.1 cm³/mol. The molecule has 16 heavy (non-hydrogen) atoms. The first-order valence-electron chi connectivity index (χ1n) is 6.73. The lowest BCUT2D eigenvalue weighted by atomic mass is 10.1. The third kappa shape index (κ3) is 4.52. The highest BCUT2D eigenvalue weighted by molar-refractivity contribution is 5.81. The van der Waals surface area contributed by atoms with Gasteiger partial charge in [0.15, 0.2) is 0 Å². The van der Waals surface area contributed by atoms with Gasteiger partial charge in [-0.25, -0.2) is 0 Å². The van der Waals surface area contributed by atoms with Crippen LogP contribution in [0.1, 0.15) is 52.4 Å². The molecule has 2 N–H and O–H groups in total. The van der Waals surface area contributed by atoms with E-state index >= 15 is 0 Å². The Morgan fingerprint density at radius 3 is 2.56 bits per heavy atom. The van der Waals surface area contributed by atoms with E-state index in [2.05, 4.69) is 13.8 Å². The molecule has 1 aliphatic carbocycles. The normalized spacial score (nSPS) is 17.2. The largest absolute Gasteiger partial charge is 0.341 e. The third-order valence-electron chi connectivity index (χ3n) is 3.17. The first-order valence-corrected chi connectivity index (χ1v) is 6.73. The second kappa shape index (κ2) is 6.89. The Morgan fingerprint density at radius 2 is 2.06 bits per heavy atom. The summed E-state index contributed by atoms with van der Waals surface area (Å²) >= 11 is 0. The molecule has 0 unspecified atom stereocenters. The topological polar surface area (TPSA) is 46.3 Å². The molecule has 3 nitrogen and oxygen atoms in total. The Morgan fingerprint density at radius 1 is 1.38 bits per heavy atom. The molecule has 0 heterocycles. The maximum atomic E-state index is 12.1. The molecule has 1 atom stereocenters. The van der Waals surface area contributed by atoms with E-state index < -0.39 is 0 Å². The van der Waals surface area contributed by atoms with Crippen molar-refractivity contribution in [3.63, 3.8) is 0 Å². The SMILES string of the molecule is CCCC[C@H](N)C(=O)N(CCC)CC1CC1. The smallest absolute Gasteiger partial charge is 0.239 e. The molecule has 1 fully saturated rings. The van der Waals surface area contributed by atoms with Crippen LogP contribution in [0, 0.1) is 5.92 Å². The minimum atomic E-state index is -0.273. The number of amides is 1. The van der Waals surface area contributed by atoms with E-state index in [1.165, 1.54) is 12.8 Å². The number of nitrogens with zero attached hydrogens (tertiary/aromatic N) is 1. The van der Waals surface area contributed by atoms with Crippen molar-refractivity contribution < 1.29 is 4.79 Å². The third-order valence-corrected chi connectivity index (χ3v) is 3.17. The number of carbonyl (C=O) groups is 1. The molecule has 1 aliphatic rings. The molecule has 0 radical (unpaired) electrons. The second-order valence-corrected chi connectivity index (χ2v) is 4.98. The maximum absolute atomic E-state index is 12.1. The molecule has 0 aliphatic heterocycles. The number of unbranched alkanes of at least 4 members (excludes halogenated alkanes) is 1. The number of carbonyl (C=O) groups excluding carboxylic acids is 1. The van der Waals surface area contributed by atoms with Crippen molar-refractivity contribution in [2.45, 2.75) is 58.4 Å². The molecular formula is C13H26N2O. The monoisotopic (exact) mass is 226 g/mol. The van der Waals surface area contributed by atoms with Gasteiger partial charge < -0.3 is 10.6 Å². The Kier molecular flexibility index (Phi) is 5.81. The maximum Gasteiger partial charge on any atom is 0.239 e. The van der Waals surface area contributed by atoms with Crippen LogP contribution in [-0.4, -0.2) is 29.9 Å². The predicted octanol–water partition coefficient (Wildman–Crippen LogP) is 2.15. The zero-order valence-corrected chi connectivity index (χ0v) is 10.7. The second-order valence-electron chi connectivity index (χ2n) is 4.98. The fourth-order valence-corrected chi connectivity index (χ4v) is 1.96. The number of hydrogen-bond acceptors (Lipinski definition) is 2. The zero-order chi connectivity index (χ0) is 12.0. The fraction of sp³-hybridized carbons (Fsp3) is 0.923. The van der Waals surface area contributed by atoms with Gasteiger partial charge in [0.1, 0.15) is 0 Å². The van der Waals surface area contributed by atoms with Crippen molar-refractivity contribution in [1.29, 1.82) is 0 Å². The summed E-state index contributed by atoms with van der Waals surface area (Å²) in [7, 11) is 0. The van der Waals surface area contributed by atoms with Crippen molar-refractivity contribution in [2.24, 2.45) is 11.7 Å². The van der Waals surface area contributed by atoms with Crippen LogP contribution in [-0.2, 0) is 4.79 Å². The van der Waals surface area contributed by atoms with Gasteiger partial charge >= 0.3 is 0 Å². The fourth-order valence-electron chi connectivity index (χ4n) is 1.96. The molecule has 0 aromatic carbocycles. The molecule has 0 bridgehead atoms. The molecule has 0 aromatic heterocycles. The lowest BCUT2D eigenvalue weighted by Crippen LogP contribution is -2.45. The summed E-state index contributed by atoms with van der Waals surface area (Å²) in [6.07, 6.45) is 6.60. The van der Waals surface area contributed by atoms with E-state index in [1.807, 2.05) is 4.90 Å². The van der Waals surface area contributed by atoms with E-state index in [4.69, 9.17) is 5.73 Å². The van der Waals surface area contributed by atoms with Crippen LogP contribution in [0.15, 0.2) is 0 Å². The highest BCUT2D eigenvalue weighted by atomic mass is 16.2. The average molecular weight is 226 g/mol. The Hall–Kier alpha value is -0.570. The quantitative estimate of drug-likeness (QED) is 0.689. The van der Waals surface area contributed by atoms with Crippen LogP contribution in [0.3, 0.4) is 0 Å². The van der Waals surface area contributed by atoms with Gasteiger partial charge in [-0.1, -0.05) is 26.7 Å². The lowest BCUT2D eigenvalue weighted by Gasteiger charge is -2.25. The molecule has 3 heteroatoms. The first kappa shape index (κ1) is 13.5. The zero-order valence-electron chi connectivity index (χ0n) is 10.7. The van der Waals surface area contributed by atoms with Crippen molar-refractivity contribution in [3.05, 3.63) is 0 Å². The molecule has 0 spiro atoms. The summed E-state index contributed by atoms with van der Waals surface area (Å²) in [6.45, 7) is 6.05. The van der Waals surface area contributed by atoms with Crippen molar-refractivity contribution in [2.75, 3.05) is 13.1 Å². The minimum Gasteiger partial charge on any atom is -0.341 e. The van der Waals surface area contributed by atoms with Crippen LogP contribution in [0.2, 0.25) is 0 Å². The lowest BCUT2D eigenvalue weighted by molar-refractivity contribution is -0.133. The van der Waals surface area contributed by atoms with E-state index in [9.17, 15) is 4.79 Å². The van der Waals surface area contributed by atoms with E-state index in [-0.39, 0.29) is 11.9 Å². The summed E-state index contributed by atoms with van der Waals surface area (Å²) in [6, 6.07) is -0.273. The highest BCUT2D eigenvalue weighted by Gasteiger charge is 2.28. The number of hydrogen-bond donors (Lipinski definition) is 1. The summed E-state index contributed by atoms with van der Waals surface area (Å²) < 4.78 is 0. The van der Waals surface area contributed by atoms with E-state index in [1.54, 1.807) is 0 Å². The van der Waals surface area contributed by atoms with Crippen molar-refractivity contribution >= 4 is 5.91 Å². The Balaban J connectivity index is 2.37. The van der Waals surface area contributed by atoms with Gasteiger partial charge in [-0.2, -0.15) is 0 Å². The van der Waals surface area contributed by atoms with Crippen molar-refractivity contribution in [3.8, 4) is 0 Å². The summed E-state index contributed by atoms with van der Waals surface area (Å²) in [5.74, 6) is 0.927. The average Bonchev–Trinajstić information content (AvgIpc) is 3.08. The van der Waals surface area contributed by atoms with Crippen LogP contribution < -0.4 is 5.73 Å². The molecule has 1 rings (SSSR count). The van der Waals surface area contributed by atoms with Gasteiger partial charge in [0, 0.05) is 13.1 Å². The Labute approximate surface area is 99.4 Å². The van der Waals surface area contributed by atoms with Crippen LogP contribution in [0.25, 0.3) is 0 Å². The summed E-state index contributed by atoms with van der Waals surface area (Å²) in [5.41, 5.74) is 5.94. The van der Waals surface area contributed by atoms with Gasteiger partial charge in [0.05, 0.1) is 6.04 Å². The van der Waals surface area contributed by atoms with Gasteiger partial charge in [-0.3, -0.25) is 4.79 Å². The standard InChI is InChI=1S/C13H26N2O/c1-3-5-6-12(14)13(16)15(9-4-2)10-11-7-8-11/h11-12H,3-10,14H2,1-2H3/t12-/m0/s1. The van der Waals surface area contributed by atoms with Crippen LogP contribution in [0.4, 0.5) is 0 Å². The first-order chi connectivity index (χ1) is 7.69. The van der Waals surface area contributed by atoms with Crippen LogP contribution >= 0.6 is 0 Å². The molecule has 1 saturated carbocycles. The highest BCUT2D eigenvalue weighted by Crippen LogP contribution is 2.30. The van der Waals surface area contributed by atoms with E-state index in [0.29, 0.717) is 0 Å². The van der Waals surface area contributed by atoms with E-state index in [0.717, 1.165) is 44.7 Å². The number of rotatable bonds is 8. The van der Waals surface area contributed by atoms with Gasteiger partial charge in [0.2, 0.25) is 5.91 Å². The molecule has 94 valence electrons. The van der Waals surface area contributed by atoms with Gasteiger partial charge in [0.25, 0.3) is 0 Å². The minimum absolute atomic E-state index is 0.169. The molecule has 0 saturated heterocycles. The molecular weight excluding hydrogens is 200 g/mol. The molecule has 1 amide bonds. The summed E-state index contributed by atoms with van der Waals surface area (Å²) in [4.78, 5) is 14.1. The Bertz CT molecular complexity index is 214. The molecule has 0 aromatic rings. The number of nitrogens with two attached hydrogens (primary N) is 1.